The van der Waals surface area contributed by atoms with Crippen molar-refractivity contribution in [1.29, 1.82) is 0 Å². The van der Waals surface area contributed by atoms with E-state index >= 15 is 0 Å². The van der Waals surface area contributed by atoms with Gasteiger partial charge in [-0.1, -0.05) is 42.5 Å². The van der Waals surface area contributed by atoms with Crippen molar-refractivity contribution in [1.82, 2.24) is 14.9 Å². The topological polar surface area (TPSA) is 102 Å². The van der Waals surface area contributed by atoms with Crippen LogP contribution in [-0.2, 0) is 17.8 Å². The van der Waals surface area contributed by atoms with Gasteiger partial charge in [0.1, 0.15) is 5.75 Å². The van der Waals surface area contributed by atoms with Gasteiger partial charge in [0.05, 0.1) is 31.3 Å². The second-order valence-electron chi connectivity index (χ2n) is 6.87. The molecule has 1 amide bonds. The fourth-order valence-electron chi connectivity index (χ4n) is 2.98. The lowest BCUT2D eigenvalue weighted by molar-refractivity contribution is -0.122. The van der Waals surface area contributed by atoms with Crippen molar-refractivity contribution in [2.75, 3.05) is 13.7 Å². The Hall–Kier alpha value is -3.16. The third-order valence-corrected chi connectivity index (χ3v) is 4.63. The maximum absolute atomic E-state index is 12.3. The van der Waals surface area contributed by atoms with Crippen LogP contribution in [0.1, 0.15) is 22.9 Å². The Labute approximate surface area is 170 Å². The van der Waals surface area contributed by atoms with Crippen LogP contribution in [0.25, 0.3) is 0 Å². The molecule has 0 aliphatic heterocycles. The monoisotopic (exact) mass is 394 g/mol. The molecule has 0 spiro atoms. The van der Waals surface area contributed by atoms with E-state index in [9.17, 15) is 9.90 Å². The fraction of sp³-hybridized carbons (Fsp3) is 0.273. The van der Waals surface area contributed by atoms with E-state index in [0.717, 1.165) is 5.69 Å². The average Bonchev–Trinajstić information content (AvgIpc) is 3.19. The molecule has 0 saturated heterocycles. The first-order valence-electron chi connectivity index (χ1n) is 9.45. The number of benzene rings is 2. The Morgan fingerprint density at radius 3 is 2.62 bits per heavy atom. The van der Waals surface area contributed by atoms with E-state index in [1.54, 1.807) is 37.7 Å². The summed E-state index contributed by atoms with van der Waals surface area (Å²) in [5, 5.41) is 12.9. The Bertz CT molecular complexity index is 909. The molecule has 152 valence electrons. The number of hydrogen-bond donors (Lipinski definition) is 3. The summed E-state index contributed by atoms with van der Waals surface area (Å²) in [6, 6.07) is 16.4. The summed E-state index contributed by atoms with van der Waals surface area (Å²) in [6.07, 6.45) is 3.14. The predicted octanol–water partition coefficient (Wildman–Crippen LogP) is 1.66. The minimum atomic E-state index is -0.817. The predicted molar refractivity (Wildman–Crippen MR) is 110 cm³/mol. The van der Waals surface area contributed by atoms with E-state index < -0.39 is 12.1 Å². The molecule has 0 saturated carbocycles. The minimum absolute atomic E-state index is 0.0846. The largest absolute Gasteiger partial charge is 0.497 e. The summed E-state index contributed by atoms with van der Waals surface area (Å²) < 4.78 is 7.06. The lowest BCUT2D eigenvalue weighted by Crippen LogP contribution is -2.43. The molecule has 4 N–H and O–H groups in total. The average molecular weight is 394 g/mol. The van der Waals surface area contributed by atoms with Gasteiger partial charge in [0, 0.05) is 25.7 Å². The van der Waals surface area contributed by atoms with Gasteiger partial charge in [0.25, 0.3) is 0 Å². The van der Waals surface area contributed by atoms with Crippen molar-refractivity contribution < 1.29 is 14.6 Å². The SMILES string of the molecule is COc1ccc(C(O)CNC(=O)[C@@H](N)Cc2cn(Cc3ccccc3)cn2)cc1. The minimum Gasteiger partial charge on any atom is -0.497 e. The number of amides is 1. The van der Waals surface area contributed by atoms with Gasteiger partial charge < -0.3 is 25.5 Å². The third-order valence-electron chi connectivity index (χ3n) is 4.63. The molecule has 3 rings (SSSR count). The normalized spacial score (nSPS) is 12.9. The van der Waals surface area contributed by atoms with E-state index in [2.05, 4.69) is 10.3 Å². The zero-order valence-electron chi connectivity index (χ0n) is 16.4. The van der Waals surface area contributed by atoms with E-state index in [4.69, 9.17) is 10.5 Å². The number of rotatable bonds is 9. The van der Waals surface area contributed by atoms with Crippen molar-refractivity contribution in [3.8, 4) is 5.75 Å². The molecule has 29 heavy (non-hydrogen) atoms. The van der Waals surface area contributed by atoms with Crippen LogP contribution < -0.4 is 15.8 Å². The summed E-state index contributed by atoms with van der Waals surface area (Å²) in [7, 11) is 1.58. The Balaban J connectivity index is 1.47. The van der Waals surface area contributed by atoms with Crippen molar-refractivity contribution >= 4 is 5.91 Å². The number of nitrogens with two attached hydrogens (primary N) is 1. The van der Waals surface area contributed by atoms with E-state index in [1.807, 2.05) is 41.1 Å². The van der Waals surface area contributed by atoms with Gasteiger partial charge >= 0.3 is 0 Å². The quantitative estimate of drug-likeness (QED) is 0.512. The fourth-order valence-corrected chi connectivity index (χ4v) is 2.98. The summed E-state index contributed by atoms with van der Waals surface area (Å²) in [4.78, 5) is 16.6. The highest BCUT2D eigenvalue weighted by molar-refractivity contribution is 5.81. The Morgan fingerprint density at radius 1 is 1.21 bits per heavy atom. The highest BCUT2D eigenvalue weighted by Gasteiger charge is 2.17. The standard InChI is InChI=1S/C22H26N4O3/c1-29-19-9-7-17(8-10-19)21(27)12-24-22(28)20(23)11-18-14-26(15-25-18)13-16-5-3-2-4-6-16/h2-10,14-15,20-21,27H,11-13,23H2,1H3,(H,24,28)/t20-,21?/m0/s1. The van der Waals surface area contributed by atoms with Crippen LogP contribution in [-0.4, -0.2) is 40.3 Å². The Kier molecular flexibility index (Phi) is 6.99. The van der Waals surface area contributed by atoms with Gasteiger partial charge in [0.2, 0.25) is 5.91 Å². The summed E-state index contributed by atoms with van der Waals surface area (Å²) in [5.41, 5.74) is 8.63. The number of nitrogens with zero attached hydrogens (tertiary/aromatic N) is 2. The molecule has 0 radical (unpaired) electrons. The van der Waals surface area contributed by atoms with Crippen molar-refractivity contribution in [3.05, 3.63) is 83.9 Å². The van der Waals surface area contributed by atoms with Crippen LogP contribution >= 0.6 is 0 Å². The number of hydrogen-bond acceptors (Lipinski definition) is 5. The first-order valence-corrected chi connectivity index (χ1v) is 9.45. The number of ether oxygens (including phenoxy) is 1. The molecule has 1 aromatic heterocycles. The van der Waals surface area contributed by atoms with Gasteiger partial charge in [-0.15, -0.1) is 0 Å². The van der Waals surface area contributed by atoms with Gasteiger partial charge in [-0.25, -0.2) is 4.98 Å². The summed E-state index contributed by atoms with van der Waals surface area (Å²) in [6.45, 7) is 0.796. The van der Waals surface area contributed by atoms with Crippen molar-refractivity contribution in [2.24, 2.45) is 5.73 Å². The molecule has 0 aliphatic carbocycles. The number of carbonyl (C=O) groups is 1. The number of carbonyl (C=O) groups excluding carboxylic acids is 1. The molecule has 0 aliphatic rings. The molecule has 1 unspecified atom stereocenters. The number of aromatic nitrogens is 2. The summed E-state index contributed by atoms with van der Waals surface area (Å²) in [5.74, 6) is 0.383. The maximum Gasteiger partial charge on any atom is 0.237 e. The lowest BCUT2D eigenvalue weighted by atomic mass is 10.1. The van der Waals surface area contributed by atoms with Gasteiger partial charge in [-0.05, 0) is 23.3 Å². The number of aliphatic hydroxyl groups excluding tert-OH is 1. The number of nitrogens with one attached hydrogen (secondary N) is 1. The van der Waals surface area contributed by atoms with Gasteiger partial charge in [-0.2, -0.15) is 0 Å². The first kappa shape index (κ1) is 20.6. The van der Waals surface area contributed by atoms with Crippen LogP contribution in [0, 0.1) is 0 Å². The van der Waals surface area contributed by atoms with E-state index in [-0.39, 0.29) is 12.5 Å². The van der Waals surface area contributed by atoms with Crippen LogP contribution in [0.15, 0.2) is 67.1 Å². The number of aliphatic hydroxyl groups is 1. The molecule has 7 nitrogen and oxygen atoms in total. The van der Waals surface area contributed by atoms with Crippen molar-refractivity contribution in [2.45, 2.75) is 25.1 Å². The Morgan fingerprint density at radius 2 is 1.93 bits per heavy atom. The molecular formula is C22H26N4O3. The molecule has 0 bridgehead atoms. The number of imidazole rings is 1. The molecular weight excluding hydrogens is 368 g/mol. The first-order chi connectivity index (χ1) is 14.0. The molecule has 1 heterocycles. The molecule has 0 fully saturated rings. The smallest absolute Gasteiger partial charge is 0.237 e. The highest BCUT2D eigenvalue weighted by Crippen LogP contribution is 2.17. The highest BCUT2D eigenvalue weighted by atomic mass is 16.5. The van der Waals surface area contributed by atoms with Crippen LogP contribution in [0.5, 0.6) is 5.75 Å². The van der Waals surface area contributed by atoms with Crippen LogP contribution in [0.2, 0.25) is 0 Å². The van der Waals surface area contributed by atoms with Gasteiger partial charge in [0.15, 0.2) is 0 Å². The maximum atomic E-state index is 12.3. The zero-order chi connectivity index (χ0) is 20.6. The molecule has 2 aromatic carbocycles. The van der Waals surface area contributed by atoms with Gasteiger partial charge in [-0.3, -0.25) is 4.79 Å². The third kappa shape index (κ3) is 5.91. The zero-order valence-corrected chi connectivity index (χ0v) is 16.4. The van der Waals surface area contributed by atoms with E-state index in [0.29, 0.717) is 24.3 Å². The number of methoxy groups -OCH3 is 1. The second kappa shape index (κ2) is 9.86. The summed E-state index contributed by atoms with van der Waals surface area (Å²) >= 11 is 0. The lowest BCUT2D eigenvalue weighted by Gasteiger charge is -2.15. The second-order valence-corrected chi connectivity index (χ2v) is 6.87. The molecule has 3 aromatic rings. The van der Waals surface area contributed by atoms with Crippen LogP contribution in [0.3, 0.4) is 0 Å². The van der Waals surface area contributed by atoms with Crippen molar-refractivity contribution in [3.63, 3.8) is 0 Å². The van der Waals surface area contributed by atoms with Crippen LogP contribution in [0.4, 0.5) is 0 Å². The molecule has 2 atom stereocenters. The van der Waals surface area contributed by atoms with E-state index in [1.165, 1.54) is 5.56 Å². The molecule has 7 heteroatoms.